The van der Waals surface area contributed by atoms with Gasteiger partial charge in [-0.25, -0.2) is 4.79 Å². The predicted octanol–water partition coefficient (Wildman–Crippen LogP) is 1.40. The summed E-state index contributed by atoms with van der Waals surface area (Å²) in [7, 11) is 3.54. The molecule has 0 radical (unpaired) electrons. The maximum Gasteiger partial charge on any atom is 0.339 e. The van der Waals surface area contributed by atoms with E-state index >= 15 is 0 Å². The van der Waals surface area contributed by atoms with Gasteiger partial charge in [0.1, 0.15) is 5.82 Å². The number of fused-ring (bicyclic) bond motifs is 1. The Balaban J connectivity index is 1.86. The fourth-order valence-corrected chi connectivity index (χ4v) is 3.01. The highest BCUT2D eigenvalue weighted by Gasteiger charge is 2.20. The Bertz CT molecular complexity index is 652. The van der Waals surface area contributed by atoms with Crippen molar-refractivity contribution in [2.24, 2.45) is 5.92 Å². The molecule has 0 aromatic carbocycles. The van der Waals surface area contributed by atoms with Crippen molar-refractivity contribution in [2.75, 3.05) is 27.2 Å². The lowest BCUT2D eigenvalue weighted by Gasteiger charge is -2.29. The topological polar surface area (TPSA) is 59.7 Å². The van der Waals surface area contributed by atoms with Crippen LogP contribution < -0.4 is 0 Å². The van der Waals surface area contributed by atoms with Gasteiger partial charge in [0.15, 0.2) is 5.65 Å². The summed E-state index contributed by atoms with van der Waals surface area (Å²) in [4.78, 5) is 14.0. The summed E-state index contributed by atoms with van der Waals surface area (Å²) >= 11 is 0. The van der Waals surface area contributed by atoms with Crippen LogP contribution >= 0.6 is 0 Å². The summed E-state index contributed by atoms with van der Waals surface area (Å²) in [5.74, 6) is 1.17. The van der Waals surface area contributed by atoms with Gasteiger partial charge in [-0.15, -0.1) is 10.2 Å². The summed E-state index contributed by atoms with van der Waals surface area (Å²) in [6.45, 7) is 2.26. The van der Waals surface area contributed by atoms with Crippen molar-refractivity contribution in [1.29, 1.82) is 0 Å². The Kier molecular flexibility index (Phi) is 3.88. The van der Waals surface area contributed by atoms with Crippen molar-refractivity contribution in [3.63, 3.8) is 0 Å². The van der Waals surface area contributed by atoms with E-state index in [9.17, 15) is 4.79 Å². The lowest BCUT2D eigenvalue weighted by Crippen LogP contribution is -2.33. The third kappa shape index (κ3) is 2.90. The number of aromatic nitrogens is 3. The molecule has 1 unspecified atom stereocenters. The fourth-order valence-electron chi connectivity index (χ4n) is 3.01. The smallest absolute Gasteiger partial charge is 0.339 e. The van der Waals surface area contributed by atoms with Crippen LogP contribution in [0.5, 0.6) is 0 Å². The Hall–Kier alpha value is -1.95. The van der Waals surface area contributed by atoms with E-state index in [1.165, 1.54) is 26.5 Å². The quantitative estimate of drug-likeness (QED) is 0.799. The molecule has 3 rings (SSSR count). The molecule has 2 aromatic rings. The first kappa shape index (κ1) is 14.0. The van der Waals surface area contributed by atoms with Crippen LogP contribution in [0.4, 0.5) is 0 Å². The van der Waals surface area contributed by atoms with Crippen molar-refractivity contribution in [2.45, 2.75) is 19.3 Å². The van der Waals surface area contributed by atoms with E-state index in [0.29, 0.717) is 11.5 Å². The molecule has 3 heterocycles. The minimum Gasteiger partial charge on any atom is -0.465 e. The summed E-state index contributed by atoms with van der Waals surface area (Å²) in [6, 6.07) is 3.52. The minimum absolute atomic E-state index is 0.339. The van der Waals surface area contributed by atoms with Gasteiger partial charge in [0.05, 0.1) is 12.7 Å². The second-order valence-corrected chi connectivity index (χ2v) is 5.73. The van der Waals surface area contributed by atoms with Gasteiger partial charge in [0.25, 0.3) is 0 Å². The van der Waals surface area contributed by atoms with Gasteiger partial charge in [-0.05, 0) is 44.5 Å². The molecule has 1 saturated heterocycles. The molecule has 1 fully saturated rings. The van der Waals surface area contributed by atoms with Crippen LogP contribution in [-0.4, -0.2) is 52.7 Å². The molecule has 21 heavy (non-hydrogen) atoms. The van der Waals surface area contributed by atoms with Crippen LogP contribution in [0.15, 0.2) is 18.3 Å². The van der Waals surface area contributed by atoms with Crippen LogP contribution in [0.25, 0.3) is 5.65 Å². The molecular weight excluding hydrogens is 268 g/mol. The maximum atomic E-state index is 11.6. The molecule has 0 spiro atoms. The lowest BCUT2D eigenvalue weighted by molar-refractivity contribution is 0.0600. The third-order valence-corrected chi connectivity index (χ3v) is 4.09. The van der Waals surface area contributed by atoms with Crippen LogP contribution in [0, 0.1) is 5.92 Å². The summed E-state index contributed by atoms with van der Waals surface area (Å²) in [5, 5.41) is 8.46. The number of esters is 1. The average molecular weight is 288 g/mol. The van der Waals surface area contributed by atoms with Gasteiger partial charge < -0.3 is 9.64 Å². The molecule has 0 aliphatic carbocycles. The number of likely N-dealkylation sites (tertiary alicyclic amines) is 1. The van der Waals surface area contributed by atoms with Crippen molar-refractivity contribution in [1.82, 2.24) is 19.5 Å². The first-order valence-electron chi connectivity index (χ1n) is 7.28. The number of carbonyl (C=O) groups is 1. The zero-order valence-corrected chi connectivity index (χ0v) is 12.5. The highest BCUT2D eigenvalue weighted by Crippen LogP contribution is 2.20. The Morgan fingerprint density at radius 3 is 3.05 bits per heavy atom. The average Bonchev–Trinajstić information content (AvgIpc) is 2.89. The van der Waals surface area contributed by atoms with Crippen LogP contribution in [0.2, 0.25) is 0 Å². The number of pyridine rings is 1. The monoisotopic (exact) mass is 288 g/mol. The normalized spacial score (nSPS) is 19.8. The fraction of sp³-hybridized carbons (Fsp3) is 0.533. The molecule has 112 valence electrons. The molecule has 0 amide bonds. The van der Waals surface area contributed by atoms with E-state index in [0.717, 1.165) is 24.4 Å². The minimum atomic E-state index is -0.339. The van der Waals surface area contributed by atoms with E-state index in [2.05, 4.69) is 22.1 Å². The molecule has 0 bridgehead atoms. The van der Waals surface area contributed by atoms with Crippen LogP contribution in [0.1, 0.15) is 29.0 Å². The van der Waals surface area contributed by atoms with Gasteiger partial charge in [-0.1, -0.05) is 0 Å². The van der Waals surface area contributed by atoms with Crippen molar-refractivity contribution >= 4 is 11.6 Å². The van der Waals surface area contributed by atoms with Crippen molar-refractivity contribution < 1.29 is 9.53 Å². The predicted molar refractivity (Wildman–Crippen MR) is 78.3 cm³/mol. The molecule has 0 N–H and O–H groups in total. The van der Waals surface area contributed by atoms with Crippen LogP contribution in [0.3, 0.4) is 0 Å². The number of rotatable bonds is 3. The zero-order valence-electron chi connectivity index (χ0n) is 12.5. The van der Waals surface area contributed by atoms with Crippen molar-refractivity contribution in [3.05, 3.63) is 29.7 Å². The Morgan fingerprint density at radius 1 is 1.43 bits per heavy atom. The zero-order chi connectivity index (χ0) is 14.8. The molecule has 1 aliphatic heterocycles. The number of hydrogen-bond acceptors (Lipinski definition) is 5. The van der Waals surface area contributed by atoms with Gasteiger partial charge in [0, 0.05) is 19.2 Å². The number of methoxy groups -OCH3 is 1. The second kappa shape index (κ2) is 5.81. The van der Waals surface area contributed by atoms with E-state index in [1.807, 2.05) is 4.40 Å². The highest BCUT2D eigenvalue weighted by molar-refractivity contribution is 5.89. The number of ether oxygens (including phenoxy) is 1. The SMILES string of the molecule is COC(=O)c1ccc2nnc(CC3CCCN(C)C3)n2c1. The molecule has 2 aromatic heterocycles. The molecular formula is C15H20N4O2. The standard InChI is InChI=1S/C15H20N4O2/c1-18-7-3-4-11(9-18)8-14-17-16-13-6-5-12(10-19(13)14)15(20)21-2/h5-6,10-11H,3-4,7-9H2,1-2H3. The van der Waals surface area contributed by atoms with Gasteiger partial charge in [0.2, 0.25) is 0 Å². The Morgan fingerprint density at radius 2 is 2.29 bits per heavy atom. The summed E-state index contributed by atoms with van der Waals surface area (Å²) in [5.41, 5.74) is 1.29. The lowest BCUT2D eigenvalue weighted by atomic mass is 9.95. The molecule has 1 aliphatic rings. The van der Waals surface area contributed by atoms with E-state index < -0.39 is 0 Å². The number of hydrogen-bond donors (Lipinski definition) is 0. The molecule has 1 atom stereocenters. The number of carbonyl (C=O) groups excluding carboxylic acids is 1. The van der Waals surface area contributed by atoms with E-state index in [1.54, 1.807) is 18.3 Å². The highest BCUT2D eigenvalue weighted by atomic mass is 16.5. The molecule has 6 heteroatoms. The summed E-state index contributed by atoms with van der Waals surface area (Å²) < 4.78 is 6.67. The maximum absolute atomic E-state index is 11.6. The summed E-state index contributed by atoms with van der Waals surface area (Å²) in [6.07, 6.45) is 5.10. The largest absolute Gasteiger partial charge is 0.465 e. The van der Waals surface area contributed by atoms with Gasteiger partial charge in [-0.3, -0.25) is 4.40 Å². The van der Waals surface area contributed by atoms with E-state index in [-0.39, 0.29) is 5.97 Å². The molecule has 6 nitrogen and oxygen atoms in total. The Labute approximate surface area is 123 Å². The van der Waals surface area contributed by atoms with Crippen molar-refractivity contribution in [3.8, 4) is 0 Å². The molecule has 0 saturated carbocycles. The van der Waals surface area contributed by atoms with Gasteiger partial charge in [-0.2, -0.15) is 0 Å². The number of piperidine rings is 1. The number of nitrogens with zero attached hydrogens (tertiary/aromatic N) is 4. The third-order valence-electron chi connectivity index (χ3n) is 4.09. The van der Waals surface area contributed by atoms with Crippen LogP contribution in [-0.2, 0) is 11.2 Å². The van der Waals surface area contributed by atoms with E-state index in [4.69, 9.17) is 4.74 Å². The first-order valence-corrected chi connectivity index (χ1v) is 7.28. The first-order chi connectivity index (χ1) is 10.2. The van der Waals surface area contributed by atoms with Gasteiger partial charge >= 0.3 is 5.97 Å². The second-order valence-electron chi connectivity index (χ2n) is 5.73.